The molecule has 0 aliphatic carbocycles. The monoisotopic (exact) mass is 273 g/mol. The van der Waals surface area contributed by atoms with Crippen molar-refractivity contribution in [2.45, 2.75) is 6.42 Å². The zero-order valence-electron chi connectivity index (χ0n) is 10.00. The van der Waals surface area contributed by atoms with Crippen molar-refractivity contribution < 1.29 is 4.92 Å². The first-order valence-corrected chi connectivity index (χ1v) is 6.59. The van der Waals surface area contributed by atoms with E-state index in [1.807, 2.05) is 22.9 Å². The molecule has 0 spiro atoms. The number of nitro groups is 1. The molecule has 19 heavy (non-hydrogen) atoms. The summed E-state index contributed by atoms with van der Waals surface area (Å²) in [6.45, 7) is 0.590. The number of benzene rings is 1. The predicted molar refractivity (Wildman–Crippen MR) is 74.3 cm³/mol. The van der Waals surface area contributed by atoms with Crippen LogP contribution in [0, 0.1) is 21.4 Å². The van der Waals surface area contributed by atoms with Gasteiger partial charge >= 0.3 is 5.69 Å². The number of nitrogens with zero attached hydrogens (tertiary/aromatic N) is 2. The third kappa shape index (κ3) is 3.09. The molecule has 1 aromatic heterocycles. The number of nitriles is 1. The van der Waals surface area contributed by atoms with E-state index < -0.39 is 4.92 Å². The summed E-state index contributed by atoms with van der Waals surface area (Å²) in [5, 5.41) is 27.0. The molecule has 1 N–H and O–H groups in total. The van der Waals surface area contributed by atoms with Crippen molar-refractivity contribution in [3.05, 3.63) is 56.3 Å². The average Bonchev–Trinajstić information content (AvgIpc) is 2.91. The van der Waals surface area contributed by atoms with Gasteiger partial charge in [0, 0.05) is 6.54 Å². The van der Waals surface area contributed by atoms with Crippen LogP contribution in [-0.2, 0) is 6.42 Å². The molecular weight excluding hydrogens is 262 g/mol. The maximum absolute atomic E-state index is 11.0. The number of thiophene rings is 1. The number of hydrogen-bond acceptors (Lipinski definition) is 5. The average molecular weight is 273 g/mol. The fourth-order valence-electron chi connectivity index (χ4n) is 1.75. The molecule has 0 fully saturated rings. The molecule has 96 valence electrons. The Kier molecular flexibility index (Phi) is 4.11. The normalized spacial score (nSPS) is 9.84. The van der Waals surface area contributed by atoms with E-state index in [9.17, 15) is 10.1 Å². The van der Waals surface area contributed by atoms with Gasteiger partial charge in [0.2, 0.25) is 0 Å². The van der Waals surface area contributed by atoms with Crippen LogP contribution in [0.5, 0.6) is 0 Å². The first-order valence-electron chi connectivity index (χ1n) is 5.65. The second-order valence-corrected chi connectivity index (χ2v) is 4.66. The summed E-state index contributed by atoms with van der Waals surface area (Å²) in [5.41, 5.74) is 1.50. The lowest BCUT2D eigenvalue weighted by Crippen LogP contribution is -2.07. The van der Waals surface area contributed by atoms with E-state index in [2.05, 4.69) is 5.32 Å². The van der Waals surface area contributed by atoms with E-state index in [-0.39, 0.29) is 11.3 Å². The Hall–Kier alpha value is -2.39. The molecule has 6 heteroatoms. The van der Waals surface area contributed by atoms with Gasteiger partial charge in [-0.25, -0.2) is 0 Å². The smallest absolute Gasteiger partial charge is 0.309 e. The zero-order chi connectivity index (χ0) is 13.7. The molecule has 0 saturated heterocycles. The van der Waals surface area contributed by atoms with Gasteiger partial charge in [-0.15, -0.1) is 0 Å². The maximum Gasteiger partial charge on any atom is 0.309 e. The summed E-state index contributed by atoms with van der Waals surface area (Å²) >= 11 is 1.62. The Bertz CT molecular complexity index is 617. The first-order chi connectivity index (χ1) is 9.22. The molecule has 0 radical (unpaired) electrons. The van der Waals surface area contributed by atoms with E-state index >= 15 is 0 Å². The van der Waals surface area contributed by atoms with Crippen molar-refractivity contribution in [3.63, 3.8) is 0 Å². The van der Waals surface area contributed by atoms with Crippen LogP contribution >= 0.6 is 11.3 Å². The molecule has 2 aromatic rings. The van der Waals surface area contributed by atoms with Crippen molar-refractivity contribution in [3.8, 4) is 6.07 Å². The summed E-state index contributed by atoms with van der Waals surface area (Å²) in [5.74, 6) is 0. The molecule has 0 amide bonds. The molecule has 0 atom stereocenters. The topological polar surface area (TPSA) is 79.0 Å². The minimum absolute atomic E-state index is 0.0746. The molecule has 0 aliphatic heterocycles. The maximum atomic E-state index is 11.0. The van der Waals surface area contributed by atoms with Crippen LogP contribution in [0.4, 0.5) is 11.4 Å². The third-order valence-corrected chi connectivity index (χ3v) is 3.38. The van der Waals surface area contributed by atoms with E-state index in [1.54, 1.807) is 23.5 Å². The number of hydrogen-bond donors (Lipinski definition) is 1. The largest absolute Gasteiger partial charge is 0.379 e. The molecule has 0 saturated carbocycles. The Morgan fingerprint density at radius 1 is 1.42 bits per heavy atom. The van der Waals surface area contributed by atoms with E-state index in [0.717, 1.165) is 6.42 Å². The van der Waals surface area contributed by atoms with Gasteiger partial charge in [0.05, 0.1) is 4.92 Å². The van der Waals surface area contributed by atoms with Crippen LogP contribution in [0.1, 0.15) is 11.1 Å². The van der Waals surface area contributed by atoms with Crippen LogP contribution in [0.25, 0.3) is 0 Å². The summed E-state index contributed by atoms with van der Waals surface area (Å²) in [7, 11) is 0. The van der Waals surface area contributed by atoms with Gasteiger partial charge in [0.15, 0.2) is 0 Å². The van der Waals surface area contributed by atoms with E-state index in [4.69, 9.17) is 5.26 Å². The van der Waals surface area contributed by atoms with Crippen LogP contribution < -0.4 is 5.32 Å². The Balaban J connectivity index is 2.12. The summed E-state index contributed by atoms with van der Waals surface area (Å²) < 4.78 is 0. The quantitative estimate of drug-likeness (QED) is 0.670. The van der Waals surface area contributed by atoms with Crippen molar-refractivity contribution >= 4 is 22.7 Å². The van der Waals surface area contributed by atoms with Gasteiger partial charge in [-0.05, 0) is 40.9 Å². The highest BCUT2D eigenvalue weighted by Crippen LogP contribution is 2.27. The highest BCUT2D eigenvalue weighted by Gasteiger charge is 2.18. The second kappa shape index (κ2) is 5.98. The van der Waals surface area contributed by atoms with Gasteiger partial charge in [-0.3, -0.25) is 10.1 Å². The van der Waals surface area contributed by atoms with Crippen molar-refractivity contribution in [2.75, 3.05) is 11.9 Å². The van der Waals surface area contributed by atoms with E-state index in [0.29, 0.717) is 12.2 Å². The number of para-hydroxylation sites is 1. The summed E-state index contributed by atoms with van der Waals surface area (Å²) in [6, 6.07) is 8.56. The van der Waals surface area contributed by atoms with Crippen LogP contribution in [0.15, 0.2) is 35.0 Å². The van der Waals surface area contributed by atoms with Crippen molar-refractivity contribution in [1.82, 2.24) is 0 Å². The minimum atomic E-state index is -0.522. The lowest BCUT2D eigenvalue weighted by atomic mass is 10.1. The molecular formula is C13H11N3O2S. The number of rotatable bonds is 5. The highest BCUT2D eigenvalue weighted by atomic mass is 32.1. The Labute approximate surface area is 114 Å². The first kappa shape index (κ1) is 13.1. The predicted octanol–water partition coefficient (Wildman–Crippen LogP) is 3.18. The highest BCUT2D eigenvalue weighted by molar-refractivity contribution is 7.07. The molecule has 1 aromatic carbocycles. The lowest BCUT2D eigenvalue weighted by Gasteiger charge is -2.07. The Morgan fingerprint density at radius 3 is 2.89 bits per heavy atom. The van der Waals surface area contributed by atoms with Crippen LogP contribution in [0.3, 0.4) is 0 Å². The Morgan fingerprint density at radius 2 is 2.26 bits per heavy atom. The lowest BCUT2D eigenvalue weighted by molar-refractivity contribution is -0.384. The zero-order valence-corrected chi connectivity index (χ0v) is 10.8. The molecule has 0 unspecified atom stereocenters. The van der Waals surface area contributed by atoms with E-state index in [1.165, 1.54) is 11.6 Å². The molecule has 0 aliphatic rings. The van der Waals surface area contributed by atoms with Gasteiger partial charge < -0.3 is 5.32 Å². The number of nitro benzene ring substituents is 1. The van der Waals surface area contributed by atoms with Crippen molar-refractivity contribution in [1.29, 1.82) is 5.26 Å². The molecule has 1 heterocycles. The van der Waals surface area contributed by atoms with Crippen molar-refractivity contribution in [2.24, 2.45) is 0 Å². The SMILES string of the molecule is N#Cc1cccc(NCCc2ccsc2)c1[N+](=O)[O-]. The number of anilines is 1. The van der Waals surface area contributed by atoms with Crippen LogP contribution in [-0.4, -0.2) is 11.5 Å². The number of nitrogens with one attached hydrogen (secondary N) is 1. The second-order valence-electron chi connectivity index (χ2n) is 3.88. The fourth-order valence-corrected chi connectivity index (χ4v) is 2.45. The van der Waals surface area contributed by atoms with Gasteiger partial charge in [-0.2, -0.15) is 16.6 Å². The molecule has 2 rings (SSSR count). The molecule has 0 bridgehead atoms. The van der Waals surface area contributed by atoms with Gasteiger partial charge in [-0.1, -0.05) is 6.07 Å². The standard InChI is InChI=1S/C13H11N3O2S/c14-8-11-2-1-3-12(13(11)16(17)18)15-6-4-10-5-7-19-9-10/h1-3,5,7,9,15H,4,6H2. The fraction of sp³-hybridized carbons (Fsp3) is 0.154. The van der Waals surface area contributed by atoms with Gasteiger partial charge in [0.1, 0.15) is 17.3 Å². The van der Waals surface area contributed by atoms with Crippen LogP contribution in [0.2, 0.25) is 0 Å². The van der Waals surface area contributed by atoms with Gasteiger partial charge in [0.25, 0.3) is 0 Å². The summed E-state index contributed by atoms with van der Waals surface area (Å²) in [6.07, 6.45) is 0.789. The minimum Gasteiger partial charge on any atom is -0.379 e. The molecule has 5 nitrogen and oxygen atoms in total. The third-order valence-electron chi connectivity index (χ3n) is 2.65. The summed E-state index contributed by atoms with van der Waals surface area (Å²) in [4.78, 5) is 10.5.